The molecule has 0 amide bonds. The molecule has 0 rings (SSSR count). The van der Waals surface area contributed by atoms with Crippen molar-refractivity contribution in [3.05, 3.63) is 0 Å². The number of hydrogen-bond acceptors (Lipinski definition) is 3. The molecular weight excluding hydrogens is 266 g/mol. The molecule has 0 spiro atoms. The van der Waals surface area contributed by atoms with E-state index in [1.165, 1.54) is 82.0 Å². The van der Waals surface area contributed by atoms with E-state index in [0.717, 1.165) is 0 Å². The molecule has 21 heavy (non-hydrogen) atoms. The molecule has 0 saturated carbocycles. The van der Waals surface area contributed by atoms with Crippen LogP contribution in [-0.4, -0.2) is 37.1 Å². The Morgan fingerprint density at radius 3 is 1.14 bits per heavy atom. The van der Waals surface area contributed by atoms with Crippen LogP contribution in [0.2, 0.25) is 0 Å². The van der Waals surface area contributed by atoms with Crippen LogP contribution in [0.4, 0.5) is 0 Å². The molecule has 128 valence electrons. The van der Waals surface area contributed by atoms with Gasteiger partial charge in [-0.15, -0.1) is 0 Å². The molecule has 0 radical (unpaired) electrons. The zero-order valence-corrected chi connectivity index (χ0v) is 14.7. The van der Waals surface area contributed by atoms with Crippen molar-refractivity contribution < 1.29 is 19.4 Å². The Morgan fingerprint density at radius 2 is 1.00 bits per heavy atom. The summed E-state index contributed by atoms with van der Waals surface area (Å²) in [5.74, 6) is 0. The Bertz CT molecular complexity index is 173. The van der Waals surface area contributed by atoms with Gasteiger partial charge in [0.15, 0.2) is 0 Å². The lowest BCUT2D eigenvalue weighted by Crippen LogP contribution is -2.50. The molecular formula is C17H37NO3. The highest BCUT2D eigenvalue weighted by atomic mass is 17.1. The number of hydrogen-bond donors (Lipinski definition) is 0. The summed E-state index contributed by atoms with van der Waals surface area (Å²) in [6, 6.07) is 0. The zero-order valence-electron chi connectivity index (χ0n) is 14.7. The van der Waals surface area contributed by atoms with E-state index < -0.39 is 0 Å². The van der Waals surface area contributed by atoms with Gasteiger partial charge in [0, 0.05) is 0 Å². The van der Waals surface area contributed by atoms with Crippen molar-refractivity contribution in [1.82, 2.24) is 0 Å². The number of carbonyl (C=O) groups is 1. The quantitative estimate of drug-likeness (QED) is 0.227. The van der Waals surface area contributed by atoms with E-state index in [2.05, 4.69) is 32.6 Å². The van der Waals surface area contributed by atoms with Gasteiger partial charge in [-0.1, -0.05) is 53.4 Å². The van der Waals surface area contributed by atoms with Gasteiger partial charge in [0.1, 0.15) is 0 Å². The summed E-state index contributed by atoms with van der Waals surface area (Å²) in [6.45, 7) is 14.8. The monoisotopic (exact) mass is 303 g/mol. The topological polar surface area (TPSA) is 49.4 Å². The third-order valence-electron chi connectivity index (χ3n) is 3.98. The van der Waals surface area contributed by atoms with E-state index in [-0.39, 0.29) is 6.47 Å². The van der Waals surface area contributed by atoms with Crippen LogP contribution in [0.25, 0.3) is 0 Å². The lowest BCUT2D eigenvalue weighted by Gasteiger charge is -2.39. The first-order valence-corrected chi connectivity index (χ1v) is 8.73. The average Bonchev–Trinajstić information content (AvgIpc) is 2.53. The smallest absolute Gasteiger partial charge is 0.287 e. The lowest BCUT2D eigenvalue weighted by molar-refractivity contribution is -0.929. The van der Waals surface area contributed by atoms with Crippen LogP contribution in [0.15, 0.2) is 0 Å². The lowest BCUT2D eigenvalue weighted by atomic mass is 10.1. The Labute approximate surface area is 132 Å². The van der Waals surface area contributed by atoms with Gasteiger partial charge in [-0.05, 0) is 25.7 Å². The first-order valence-electron chi connectivity index (χ1n) is 8.73. The van der Waals surface area contributed by atoms with E-state index in [1.807, 2.05) is 0 Å². The summed E-state index contributed by atoms with van der Waals surface area (Å²) in [7, 11) is 0. The van der Waals surface area contributed by atoms with Gasteiger partial charge in [-0.3, -0.25) is 4.79 Å². The number of carbonyl (C=O) groups excluding carboxylic acids is 1. The molecule has 0 heterocycles. The third kappa shape index (κ3) is 14.1. The van der Waals surface area contributed by atoms with Gasteiger partial charge in [0.05, 0.1) is 26.2 Å². The SMILES string of the molecule is CCCC[N+](CCCC)(CCCC)CCCC.O=CO[O-]. The molecule has 0 atom stereocenters. The molecule has 0 aliphatic carbocycles. The second-order valence-electron chi connectivity index (χ2n) is 5.84. The molecule has 0 unspecified atom stereocenters. The van der Waals surface area contributed by atoms with E-state index in [0.29, 0.717) is 0 Å². The normalized spacial score (nSPS) is 10.7. The predicted octanol–water partition coefficient (Wildman–Crippen LogP) is 3.44. The van der Waals surface area contributed by atoms with E-state index in [1.54, 1.807) is 0 Å². The van der Waals surface area contributed by atoms with Gasteiger partial charge >= 0.3 is 0 Å². The van der Waals surface area contributed by atoms with Crippen LogP contribution < -0.4 is 5.26 Å². The molecule has 4 heteroatoms. The van der Waals surface area contributed by atoms with Crippen LogP contribution >= 0.6 is 0 Å². The summed E-state index contributed by atoms with van der Waals surface area (Å²) in [5.41, 5.74) is 0. The number of unbranched alkanes of at least 4 members (excludes halogenated alkanes) is 4. The Hall–Kier alpha value is -0.610. The zero-order chi connectivity index (χ0) is 16.4. The standard InChI is InChI=1S/C16H36N.CH2O3/c1-5-9-13-17(14-10-6-2,15-11-7-3)16-12-8-4;2-1-4-3/h5-16H2,1-4H3;1,3H/q+1;/p-1. The Balaban J connectivity index is 0. The Kier molecular flexibility index (Phi) is 18.8. The maximum absolute atomic E-state index is 8.64. The molecule has 0 N–H and O–H groups in total. The summed E-state index contributed by atoms with van der Waals surface area (Å²) >= 11 is 0. The fourth-order valence-electron chi connectivity index (χ4n) is 2.64. The second-order valence-corrected chi connectivity index (χ2v) is 5.84. The van der Waals surface area contributed by atoms with E-state index in [4.69, 9.17) is 10.1 Å². The minimum atomic E-state index is -0.181. The average molecular weight is 303 g/mol. The molecule has 0 aromatic carbocycles. The molecule has 0 bridgehead atoms. The van der Waals surface area contributed by atoms with Gasteiger partial charge in [0.25, 0.3) is 6.47 Å². The molecule has 0 aliphatic heterocycles. The van der Waals surface area contributed by atoms with Crippen molar-refractivity contribution in [1.29, 1.82) is 0 Å². The third-order valence-corrected chi connectivity index (χ3v) is 3.98. The van der Waals surface area contributed by atoms with Gasteiger partial charge in [0.2, 0.25) is 0 Å². The molecule has 0 aromatic rings. The van der Waals surface area contributed by atoms with E-state index >= 15 is 0 Å². The highest BCUT2D eigenvalue weighted by molar-refractivity contribution is 5.35. The molecule has 0 aromatic heterocycles. The summed E-state index contributed by atoms with van der Waals surface area (Å²) in [6.07, 6.45) is 11.1. The highest BCUT2D eigenvalue weighted by Crippen LogP contribution is 2.16. The van der Waals surface area contributed by atoms with Crippen molar-refractivity contribution in [2.45, 2.75) is 79.1 Å². The summed E-state index contributed by atoms with van der Waals surface area (Å²) in [4.78, 5) is 11.2. The first kappa shape index (κ1) is 22.7. The van der Waals surface area contributed by atoms with E-state index in [9.17, 15) is 0 Å². The number of nitrogens with zero attached hydrogens (tertiary/aromatic N) is 1. The maximum Gasteiger partial charge on any atom is 0.287 e. The molecule has 0 saturated heterocycles. The fourth-order valence-corrected chi connectivity index (χ4v) is 2.64. The number of quaternary nitrogens is 1. The maximum atomic E-state index is 8.64. The van der Waals surface area contributed by atoms with Crippen LogP contribution in [0.1, 0.15) is 79.1 Å². The van der Waals surface area contributed by atoms with Gasteiger partial charge < -0.3 is 14.6 Å². The predicted molar refractivity (Wildman–Crippen MR) is 86.5 cm³/mol. The van der Waals surface area contributed by atoms with Crippen LogP contribution in [0.5, 0.6) is 0 Å². The molecule has 0 fully saturated rings. The minimum Gasteiger partial charge on any atom is -0.662 e. The first-order chi connectivity index (χ1) is 10.2. The van der Waals surface area contributed by atoms with Crippen molar-refractivity contribution in [2.75, 3.05) is 26.2 Å². The van der Waals surface area contributed by atoms with Crippen molar-refractivity contribution >= 4 is 6.47 Å². The Morgan fingerprint density at radius 1 is 0.762 bits per heavy atom. The largest absolute Gasteiger partial charge is 0.662 e. The van der Waals surface area contributed by atoms with Gasteiger partial charge in [-0.2, -0.15) is 0 Å². The summed E-state index contributed by atoms with van der Waals surface area (Å²) < 4.78 is 1.42. The number of rotatable bonds is 13. The van der Waals surface area contributed by atoms with Crippen molar-refractivity contribution in [3.8, 4) is 0 Å². The molecule has 0 aliphatic rings. The van der Waals surface area contributed by atoms with Crippen molar-refractivity contribution in [3.63, 3.8) is 0 Å². The van der Waals surface area contributed by atoms with Crippen LogP contribution in [-0.2, 0) is 9.68 Å². The molecule has 4 nitrogen and oxygen atoms in total. The van der Waals surface area contributed by atoms with Crippen molar-refractivity contribution in [2.24, 2.45) is 0 Å². The highest BCUT2D eigenvalue weighted by Gasteiger charge is 2.24. The van der Waals surface area contributed by atoms with Gasteiger partial charge in [-0.25, -0.2) is 0 Å². The minimum absolute atomic E-state index is 0.181. The van der Waals surface area contributed by atoms with Crippen LogP contribution in [0, 0.1) is 0 Å². The fraction of sp³-hybridized carbons (Fsp3) is 0.941. The second kappa shape index (κ2) is 17.4. The summed E-state index contributed by atoms with van der Waals surface area (Å²) in [5, 5.41) is 8.43. The van der Waals surface area contributed by atoms with Crippen LogP contribution in [0.3, 0.4) is 0 Å².